The number of β-amino-alcohol motifs (C(OH)–C–C–N with tert-alkyl or cyclic N) is 1. The fourth-order valence-electron chi connectivity index (χ4n) is 2.19. The lowest BCUT2D eigenvalue weighted by Crippen LogP contribution is -2.65. The predicted molar refractivity (Wildman–Crippen MR) is 71.5 cm³/mol. The Bertz CT molecular complexity index is 430. The molecule has 0 unspecified atom stereocenters. The van der Waals surface area contributed by atoms with Crippen LogP contribution < -0.4 is 0 Å². The van der Waals surface area contributed by atoms with E-state index < -0.39 is 5.60 Å². The second-order valence-electron chi connectivity index (χ2n) is 5.47. The standard InChI is InChI=1S/C15H21NO2/c1-4-12-5-7-13(8-6-12)14(17)16-9-15(18,10-16)11(2)3/h5-8,11,18H,4,9-10H2,1-3H3. The molecule has 1 aliphatic heterocycles. The summed E-state index contributed by atoms with van der Waals surface area (Å²) in [6.07, 6.45) is 0.977. The van der Waals surface area contributed by atoms with Crippen LogP contribution in [0.2, 0.25) is 0 Å². The zero-order valence-corrected chi connectivity index (χ0v) is 11.3. The minimum atomic E-state index is -0.695. The normalized spacial score (nSPS) is 17.7. The Morgan fingerprint density at radius 2 is 1.89 bits per heavy atom. The van der Waals surface area contributed by atoms with Crippen LogP contribution >= 0.6 is 0 Å². The first-order chi connectivity index (χ1) is 8.46. The lowest BCUT2D eigenvalue weighted by molar-refractivity contribution is -0.110. The van der Waals surface area contributed by atoms with E-state index in [1.807, 2.05) is 38.1 Å². The highest BCUT2D eigenvalue weighted by atomic mass is 16.3. The van der Waals surface area contributed by atoms with Gasteiger partial charge in [-0.25, -0.2) is 0 Å². The van der Waals surface area contributed by atoms with Crippen molar-refractivity contribution >= 4 is 5.91 Å². The van der Waals surface area contributed by atoms with Gasteiger partial charge in [0.25, 0.3) is 5.91 Å². The number of carbonyl (C=O) groups is 1. The number of likely N-dealkylation sites (tertiary alicyclic amines) is 1. The van der Waals surface area contributed by atoms with E-state index in [1.54, 1.807) is 4.90 Å². The van der Waals surface area contributed by atoms with Gasteiger partial charge < -0.3 is 10.0 Å². The van der Waals surface area contributed by atoms with Gasteiger partial charge >= 0.3 is 0 Å². The van der Waals surface area contributed by atoms with Crippen LogP contribution in [0.15, 0.2) is 24.3 Å². The second-order valence-corrected chi connectivity index (χ2v) is 5.47. The molecule has 0 aromatic heterocycles. The highest BCUT2D eigenvalue weighted by Crippen LogP contribution is 2.29. The third-order valence-electron chi connectivity index (χ3n) is 3.90. The quantitative estimate of drug-likeness (QED) is 0.888. The summed E-state index contributed by atoms with van der Waals surface area (Å²) in [6, 6.07) is 7.71. The van der Waals surface area contributed by atoms with Crippen molar-refractivity contribution in [1.82, 2.24) is 4.90 Å². The molecule has 1 heterocycles. The first-order valence-electron chi connectivity index (χ1n) is 6.57. The number of hydrogen-bond donors (Lipinski definition) is 1. The number of amides is 1. The van der Waals surface area contributed by atoms with E-state index in [0.717, 1.165) is 6.42 Å². The molecule has 1 aliphatic rings. The number of aliphatic hydroxyl groups is 1. The van der Waals surface area contributed by atoms with E-state index in [2.05, 4.69) is 6.92 Å². The molecule has 0 radical (unpaired) electrons. The van der Waals surface area contributed by atoms with E-state index in [4.69, 9.17) is 0 Å². The number of carbonyl (C=O) groups excluding carboxylic acids is 1. The van der Waals surface area contributed by atoms with Crippen LogP contribution in [0.3, 0.4) is 0 Å². The number of rotatable bonds is 3. The van der Waals surface area contributed by atoms with Gasteiger partial charge in [-0.1, -0.05) is 32.9 Å². The zero-order chi connectivity index (χ0) is 13.3. The largest absolute Gasteiger partial charge is 0.386 e. The Morgan fingerprint density at radius 1 is 1.33 bits per heavy atom. The maximum Gasteiger partial charge on any atom is 0.254 e. The number of aryl methyl sites for hydroxylation is 1. The summed E-state index contributed by atoms with van der Waals surface area (Å²) in [4.78, 5) is 13.9. The molecule has 1 saturated heterocycles. The Kier molecular flexibility index (Phi) is 3.44. The van der Waals surface area contributed by atoms with Crippen molar-refractivity contribution < 1.29 is 9.90 Å². The van der Waals surface area contributed by atoms with Gasteiger partial charge in [0.2, 0.25) is 0 Å². The molecule has 0 bridgehead atoms. The SMILES string of the molecule is CCc1ccc(C(=O)N2CC(O)(C(C)C)C2)cc1. The summed E-state index contributed by atoms with van der Waals surface area (Å²) in [7, 11) is 0. The van der Waals surface area contributed by atoms with Crippen LogP contribution in [0.1, 0.15) is 36.7 Å². The third kappa shape index (κ3) is 2.27. The minimum Gasteiger partial charge on any atom is -0.386 e. The van der Waals surface area contributed by atoms with Crippen molar-refractivity contribution in [3.63, 3.8) is 0 Å². The Balaban J connectivity index is 2.01. The molecule has 18 heavy (non-hydrogen) atoms. The minimum absolute atomic E-state index is 0.0166. The van der Waals surface area contributed by atoms with E-state index in [1.165, 1.54) is 5.56 Å². The van der Waals surface area contributed by atoms with E-state index in [9.17, 15) is 9.90 Å². The van der Waals surface area contributed by atoms with Gasteiger partial charge in [0.05, 0.1) is 13.1 Å². The second kappa shape index (κ2) is 4.73. The molecule has 1 amide bonds. The maximum absolute atomic E-state index is 12.2. The summed E-state index contributed by atoms with van der Waals surface area (Å²) in [5, 5.41) is 10.1. The smallest absolute Gasteiger partial charge is 0.254 e. The first-order valence-corrected chi connectivity index (χ1v) is 6.57. The molecule has 0 aliphatic carbocycles. The molecule has 1 fully saturated rings. The average Bonchev–Trinajstić information content (AvgIpc) is 2.34. The Labute approximate surface area is 108 Å². The van der Waals surface area contributed by atoms with E-state index in [-0.39, 0.29) is 11.8 Å². The first kappa shape index (κ1) is 13.1. The van der Waals surface area contributed by atoms with Gasteiger partial charge in [-0.2, -0.15) is 0 Å². The monoisotopic (exact) mass is 247 g/mol. The zero-order valence-electron chi connectivity index (χ0n) is 11.3. The molecule has 1 aromatic carbocycles. The molecule has 98 valence electrons. The summed E-state index contributed by atoms with van der Waals surface area (Å²) in [5.74, 6) is 0.201. The highest BCUT2D eigenvalue weighted by molar-refractivity contribution is 5.95. The molecular formula is C15H21NO2. The topological polar surface area (TPSA) is 40.5 Å². The van der Waals surface area contributed by atoms with Crippen LogP contribution in [0, 0.1) is 5.92 Å². The highest BCUT2D eigenvalue weighted by Gasteiger charge is 2.45. The van der Waals surface area contributed by atoms with Gasteiger partial charge in [-0.15, -0.1) is 0 Å². The van der Waals surface area contributed by atoms with E-state index in [0.29, 0.717) is 18.7 Å². The van der Waals surface area contributed by atoms with Crippen molar-refractivity contribution in [3.05, 3.63) is 35.4 Å². The van der Waals surface area contributed by atoms with Crippen LogP contribution in [0.4, 0.5) is 0 Å². The molecule has 0 spiro atoms. The van der Waals surface area contributed by atoms with Gasteiger partial charge in [-0.05, 0) is 30.0 Å². The van der Waals surface area contributed by atoms with Crippen LogP contribution in [-0.4, -0.2) is 34.6 Å². The predicted octanol–water partition coefficient (Wildman–Crippen LogP) is 2.09. The molecular weight excluding hydrogens is 226 g/mol. The van der Waals surface area contributed by atoms with Crippen molar-refractivity contribution in [3.8, 4) is 0 Å². The van der Waals surface area contributed by atoms with Crippen molar-refractivity contribution in [1.29, 1.82) is 0 Å². The van der Waals surface area contributed by atoms with Gasteiger partial charge in [0.1, 0.15) is 5.60 Å². The molecule has 1 aromatic rings. The van der Waals surface area contributed by atoms with Gasteiger partial charge in [0.15, 0.2) is 0 Å². The summed E-state index contributed by atoms with van der Waals surface area (Å²) in [5.41, 5.74) is 1.24. The van der Waals surface area contributed by atoms with Crippen molar-refractivity contribution in [2.24, 2.45) is 5.92 Å². The van der Waals surface area contributed by atoms with Gasteiger partial charge in [-0.3, -0.25) is 4.79 Å². The van der Waals surface area contributed by atoms with Gasteiger partial charge in [0, 0.05) is 5.56 Å². The maximum atomic E-state index is 12.2. The summed E-state index contributed by atoms with van der Waals surface area (Å²) < 4.78 is 0. The number of hydrogen-bond acceptors (Lipinski definition) is 2. The summed E-state index contributed by atoms with van der Waals surface area (Å²) in [6.45, 7) is 6.95. The fourth-order valence-corrected chi connectivity index (χ4v) is 2.19. The molecule has 2 rings (SSSR count). The number of benzene rings is 1. The molecule has 3 nitrogen and oxygen atoms in total. The Hall–Kier alpha value is -1.35. The number of nitrogens with zero attached hydrogens (tertiary/aromatic N) is 1. The molecule has 1 N–H and O–H groups in total. The summed E-state index contributed by atoms with van der Waals surface area (Å²) >= 11 is 0. The molecule has 0 atom stereocenters. The van der Waals surface area contributed by atoms with E-state index >= 15 is 0 Å². The van der Waals surface area contributed by atoms with Crippen LogP contribution in [0.5, 0.6) is 0 Å². The lowest BCUT2D eigenvalue weighted by atomic mass is 9.82. The van der Waals surface area contributed by atoms with Crippen LogP contribution in [0.25, 0.3) is 0 Å². The Morgan fingerprint density at radius 3 is 2.33 bits per heavy atom. The molecule has 0 saturated carbocycles. The third-order valence-corrected chi connectivity index (χ3v) is 3.90. The average molecular weight is 247 g/mol. The fraction of sp³-hybridized carbons (Fsp3) is 0.533. The van der Waals surface area contributed by atoms with Crippen LogP contribution in [-0.2, 0) is 6.42 Å². The lowest BCUT2D eigenvalue weighted by Gasteiger charge is -2.49. The van der Waals surface area contributed by atoms with Crippen molar-refractivity contribution in [2.45, 2.75) is 32.8 Å². The molecule has 3 heteroatoms. The van der Waals surface area contributed by atoms with Crippen molar-refractivity contribution in [2.75, 3.05) is 13.1 Å².